The zero-order valence-corrected chi connectivity index (χ0v) is 13.0. The number of aromatic nitrogens is 1. The molecule has 120 valence electrons. The van der Waals surface area contributed by atoms with Crippen LogP contribution in [-0.4, -0.2) is 30.6 Å². The van der Waals surface area contributed by atoms with E-state index in [4.69, 9.17) is 4.74 Å². The van der Waals surface area contributed by atoms with Gasteiger partial charge in [0.15, 0.2) is 0 Å². The molecule has 1 aromatic carbocycles. The molecule has 0 saturated carbocycles. The summed E-state index contributed by atoms with van der Waals surface area (Å²) in [5, 5.41) is 2.80. The summed E-state index contributed by atoms with van der Waals surface area (Å²) >= 11 is 0. The van der Waals surface area contributed by atoms with E-state index in [0.717, 1.165) is 5.56 Å². The molecule has 1 aromatic heterocycles. The van der Waals surface area contributed by atoms with Crippen molar-refractivity contribution in [2.24, 2.45) is 0 Å². The highest BCUT2D eigenvalue weighted by Gasteiger charge is 2.12. The van der Waals surface area contributed by atoms with Gasteiger partial charge in [0.2, 0.25) is 0 Å². The lowest BCUT2D eigenvalue weighted by atomic mass is 10.2. The first kappa shape index (κ1) is 16.6. The molecule has 0 spiro atoms. The van der Waals surface area contributed by atoms with Gasteiger partial charge in [-0.2, -0.15) is 0 Å². The number of carbonyl (C=O) groups excluding carboxylic acids is 2. The Hall–Kier alpha value is -2.73. The Morgan fingerprint density at radius 2 is 1.96 bits per heavy atom. The third kappa shape index (κ3) is 4.37. The van der Waals surface area contributed by atoms with Crippen LogP contribution in [0.15, 0.2) is 42.6 Å². The van der Waals surface area contributed by atoms with E-state index in [1.165, 1.54) is 25.4 Å². The molecule has 23 heavy (non-hydrogen) atoms. The summed E-state index contributed by atoms with van der Waals surface area (Å²) in [6.07, 6.45) is 1.31. The molecule has 2 aromatic rings. The van der Waals surface area contributed by atoms with E-state index in [2.05, 4.69) is 15.0 Å². The van der Waals surface area contributed by atoms with E-state index in [1.807, 2.05) is 25.1 Å². The number of ether oxygens (including phenoxy) is 2. The minimum atomic E-state index is -0.494. The first-order chi connectivity index (χ1) is 11.2. The van der Waals surface area contributed by atoms with E-state index in [1.54, 1.807) is 6.07 Å². The van der Waals surface area contributed by atoms with Gasteiger partial charge in [-0.3, -0.25) is 9.78 Å². The highest BCUT2D eigenvalue weighted by molar-refractivity contribution is 6.03. The molecule has 0 bridgehead atoms. The third-order valence-electron chi connectivity index (χ3n) is 3.14. The van der Waals surface area contributed by atoms with Crippen molar-refractivity contribution < 1.29 is 19.1 Å². The number of methoxy groups -OCH3 is 1. The van der Waals surface area contributed by atoms with Gasteiger partial charge in [-0.1, -0.05) is 18.2 Å². The highest BCUT2D eigenvalue weighted by atomic mass is 16.5. The molecule has 0 aliphatic rings. The molecule has 2 rings (SSSR count). The van der Waals surface area contributed by atoms with Gasteiger partial charge in [-0.25, -0.2) is 4.79 Å². The van der Waals surface area contributed by atoms with Crippen molar-refractivity contribution >= 4 is 17.6 Å². The van der Waals surface area contributed by atoms with Crippen LogP contribution in [-0.2, 0) is 16.1 Å². The van der Waals surface area contributed by atoms with Gasteiger partial charge >= 0.3 is 5.97 Å². The summed E-state index contributed by atoms with van der Waals surface area (Å²) in [7, 11) is 1.29. The van der Waals surface area contributed by atoms with Crippen molar-refractivity contribution in [3.63, 3.8) is 0 Å². The summed E-state index contributed by atoms with van der Waals surface area (Å²) in [5.74, 6) is -0.850. The van der Waals surface area contributed by atoms with Crippen molar-refractivity contribution in [3.8, 4) is 0 Å². The molecular weight excluding hydrogens is 296 g/mol. The van der Waals surface area contributed by atoms with Crippen LogP contribution in [0.3, 0.4) is 0 Å². The van der Waals surface area contributed by atoms with Gasteiger partial charge in [-0.15, -0.1) is 0 Å². The molecule has 0 fully saturated rings. The monoisotopic (exact) mass is 314 g/mol. The standard InChI is InChI=1S/C17H18N2O4/c1-3-23-11-13-6-4-5-7-14(13)19-16(20)15-9-8-12(10-18-15)17(21)22-2/h4-10H,3,11H2,1-2H3,(H,19,20). The first-order valence-electron chi connectivity index (χ1n) is 7.17. The predicted octanol–water partition coefficient (Wildman–Crippen LogP) is 2.66. The van der Waals surface area contributed by atoms with Crippen molar-refractivity contribution in [2.75, 3.05) is 19.0 Å². The predicted molar refractivity (Wildman–Crippen MR) is 85.3 cm³/mol. The van der Waals surface area contributed by atoms with Crippen LogP contribution in [0.1, 0.15) is 33.3 Å². The summed E-state index contributed by atoms with van der Waals surface area (Å²) in [5.41, 5.74) is 2.06. The number of anilines is 1. The Kier molecular flexibility index (Phi) is 5.82. The number of amides is 1. The second kappa shape index (κ2) is 8.05. The lowest BCUT2D eigenvalue weighted by Crippen LogP contribution is -2.15. The van der Waals surface area contributed by atoms with Crippen LogP contribution < -0.4 is 5.32 Å². The Labute approximate surface area is 134 Å². The molecule has 0 atom stereocenters. The summed E-state index contributed by atoms with van der Waals surface area (Å²) in [6.45, 7) is 2.93. The fraction of sp³-hybridized carbons (Fsp3) is 0.235. The molecule has 6 nitrogen and oxygen atoms in total. The van der Waals surface area contributed by atoms with Gasteiger partial charge in [0.05, 0.1) is 19.3 Å². The van der Waals surface area contributed by atoms with Gasteiger partial charge in [-0.05, 0) is 25.1 Å². The molecule has 6 heteroatoms. The maximum absolute atomic E-state index is 12.3. The number of nitrogens with zero attached hydrogens (tertiary/aromatic N) is 1. The molecular formula is C17H18N2O4. The average molecular weight is 314 g/mol. The molecule has 1 heterocycles. The maximum atomic E-state index is 12.3. The van der Waals surface area contributed by atoms with Crippen molar-refractivity contribution in [2.45, 2.75) is 13.5 Å². The topological polar surface area (TPSA) is 77.5 Å². The van der Waals surface area contributed by atoms with Crippen LogP contribution in [0.25, 0.3) is 0 Å². The van der Waals surface area contributed by atoms with Gasteiger partial charge in [0, 0.05) is 24.1 Å². The Bertz CT molecular complexity index is 683. The first-order valence-corrected chi connectivity index (χ1v) is 7.17. The van der Waals surface area contributed by atoms with Gasteiger partial charge < -0.3 is 14.8 Å². The second-order valence-electron chi connectivity index (χ2n) is 4.67. The second-order valence-corrected chi connectivity index (χ2v) is 4.67. The van der Waals surface area contributed by atoms with E-state index in [-0.39, 0.29) is 11.6 Å². The number of carbonyl (C=O) groups is 2. The molecule has 1 amide bonds. The minimum Gasteiger partial charge on any atom is -0.465 e. The van der Waals surface area contributed by atoms with Crippen LogP contribution >= 0.6 is 0 Å². The number of para-hydroxylation sites is 1. The maximum Gasteiger partial charge on any atom is 0.339 e. The smallest absolute Gasteiger partial charge is 0.339 e. The number of rotatable bonds is 6. The van der Waals surface area contributed by atoms with Crippen LogP contribution in [0.5, 0.6) is 0 Å². The minimum absolute atomic E-state index is 0.212. The normalized spacial score (nSPS) is 10.2. The van der Waals surface area contributed by atoms with Crippen LogP contribution in [0.4, 0.5) is 5.69 Å². The van der Waals surface area contributed by atoms with Crippen LogP contribution in [0, 0.1) is 0 Å². The van der Waals surface area contributed by atoms with Crippen molar-refractivity contribution in [1.82, 2.24) is 4.98 Å². The van der Waals surface area contributed by atoms with Crippen molar-refractivity contribution in [3.05, 3.63) is 59.4 Å². The van der Waals surface area contributed by atoms with E-state index in [9.17, 15) is 9.59 Å². The number of hydrogen-bond donors (Lipinski definition) is 1. The molecule has 0 unspecified atom stereocenters. The Balaban J connectivity index is 2.11. The number of pyridine rings is 1. The molecule has 0 radical (unpaired) electrons. The van der Waals surface area contributed by atoms with Crippen LogP contribution in [0.2, 0.25) is 0 Å². The Morgan fingerprint density at radius 1 is 1.17 bits per heavy atom. The summed E-state index contributed by atoms with van der Waals surface area (Å²) < 4.78 is 9.98. The van der Waals surface area contributed by atoms with Gasteiger partial charge in [0.25, 0.3) is 5.91 Å². The summed E-state index contributed by atoms with van der Waals surface area (Å²) in [4.78, 5) is 27.6. The fourth-order valence-electron chi connectivity index (χ4n) is 1.93. The zero-order valence-electron chi connectivity index (χ0n) is 13.0. The molecule has 0 saturated heterocycles. The molecule has 0 aliphatic heterocycles. The highest BCUT2D eigenvalue weighted by Crippen LogP contribution is 2.17. The lowest BCUT2D eigenvalue weighted by molar-refractivity contribution is 0.0600. The average Bonchev–Trinajstić information content (AvgIpc) is 2.60. The zero-order chi connectivity index (χ0) is 16.7. The molecule has 1 N–H and O–H groups in total. The lowest BCUT2D eigenvalue weighted by Gasteiger charge is -2.10. The SMILES string of the molecule is CCOCc1ccccc1NC(=O)c1ccc(C(=O)OC)cn1. The van der Waals surface area contributed by atoms with E-state index < -0.39 is 5.97 Å². The number of esters is 1. The molecule has 0 aliphatic carbocycles. The summed E-state index contributed by atoms with van der Waals surface area (Å²) in [6, 6.07) is 10.4. The number of hydrogen-bond acceptors (Lipinski definition) is 5. The third-order valence-corrected chi connectivity index (χ3v) is 3.14. The number of nitrogens with one attached hydrogen (secondary N) is 1. The number of benzene rings is 1. The van der Waals surface area contributed by atoms with E-state index in [0.29, 0.717) is 24.5 Å². The van der Waals surface area contributed by atoms with E-state index >= 15 is 0 Å². The quantitative estimate of drug-likeness (QED) is 0.829. The Morgan fingerprint density at radius 3 is 2.61 bits per heavy atom. The fourth-order valence-corrected chi connectivity index (χ4v) is 1.93. The van der Waals surface area contributed by atoms with Crippen molar-refractivity contribution in [1.29, 1.82) is 0 Å². The largest absolute Gasteiger partial charge is 0.465 e. The van der Waals surface area contributed by atoms with Gasteiger partial charge in [0.1, 0.15) is 5.69 Å².